The molecule has 0 radical (unpaired) electrons. The summed E-state index contributed by atoms with van der Waals surface area (Å²) in [6, 6.07) is 20.8. The molecule has 2 aromatic heterocycles. The number of anilines is 6. The Labute approximate surface area is 356 Å². The second kappa shape index (κ2) is 17.0. The van der Waals surface area contributed by atoms with Crippen LogP contribution in [0.15, 0.2) is 66.9 Å². The number of carbonyl (C=O) groups is 2. The lowest BCUT2D eigenvalue weighted by atomic mass is 9.90. The van der Waals surface area contributed by atoms with Crippen molar-refractivity contribution in [1.82, 2.24) is 30.1 Å². The van der Waals surface area contributed by atoms with E-state index in [9.17, 15) is 18.0 Å². The number of ether oxygens (including phenoxy) is 1. The Bertz CT molecular complexity index is 2550. The maximum absolute atomic E-state index is 12.7. The fourth-order valence-corrected chi connectivity index (χ4v) is 10.5. The smallest absolute Gasteiger partial charge is 0.234 e. The summed E-state index contributed by atoms with van der Waals surface area (Å²) in [5, 5.41) is 10.1. The fraction of sp³-hybridized carbons (Fsp3) is 0.422. The number of fused-ring (bicyclic) bond motifs is 2. The first kappa shape index (κ1) is 40.7. The second-order valence-corrected chi connectivity index (χ2v) is 18.6. The summed E-state index contributed by atoms with van der Waals surface area (Å²) in [7, 11) is -1.77. The molecule has 0 saturated carbocycles. The van der Waals surface area contributed by atoms with Gasteiger partial charge in [0.25, 0.3) is 0 Å². The first-order valence-electron chi connectivity index (χ1n) is 21.3. The molecule has 4 N–H and O–H groups in total. The predicted octanol–water partition coefficient (Wildman–Crippen LogP) is 5.43. The molecular weight excluding hydrogens is 793 g/mol. The Balaban J connectivity index is 0.799. The zero-order chi connectivity index (χ0) is 42.3. The summed E-state index contributed by atoms with van der Waals surface area (Å²) in [4.78, 5) is 44.4. The third-order valence-electron chi connectivity index (χ3n) is 12.9. The van der Waals surface area contributed by atoms with Crippen molar-refractivity contribution >= 4 is 67.4 Å². The minimum atomic E-state index is -3.45. The molecule has 3 aromatic carbocycles. The van der Waals surface area contributed by atoms with Gasteiger partial charge in [-0.05, 0) is 79.5 Å². The van der Waals surface area contributed by atoms with Crippen LogP contribution in [0.5, 0.6) is 5.75 Å². The minimum absolute atomic E-state index is 0.180. The van der Waals surface area contributed by atoms with Crippen molar-refractivity contribution in [3.63, 3.8) is 0 Å². The van der Waals surface area contributed by atoms with Crippen LogP contribution < -0.4 is 29.9 Å². The van der Waals surface area contributed by atoms with Gasteiger partial charge < -0.3 is 30.2 Å². The van der Waals surface area contributed by atoms with Crippen LogP contribution in [-0.4, -0.2) is 117 Å². The number of piperazine rings is 1. The number of sulfonamides is 1. The standard InChI is InChI=1S/C45H54N10O5S/c1-29-27-37(48-45-50-42-35(13-18-46-42)43(51-45)47-36-6-4-5-32-15-22-55(41(32)36)61(3,58)59)39(60-2)28-38(29)54-20-16-33(17-21-54)53-25-23-52(24-26-53)19-14-30-7-9-31(10-8-30)34-11-12-40(56)49-44(34)57/h4-10,13,18,27-28,33-34H,11-12,14-17,19-26H2,1-3H3,(H,49,56,57)(H3,46,47,48,50,51). The third kappa shape index (κ3) is 8.61. The molecule has 15 nitrogen and oxygen atoms in total. The van der Waals surface area contributed by atoms with E-state index in [1.807, 2.05) is 42.6 Å². The van der Waals surface area contributed by atoms with Crippen LogP contribution in [0.25, 0.3) is 11.0 Å². The molecule has 0 spiro atoms. The van der Waals surface area contributed by atoms with Gasteiger partial charge in [-0.15, -0.1) is 0 Å². The van der Waals surface area contributed by atoms with Gasteiger partial charge in [0.15, 0.2) is 0 Å². The van der Waals surface area contributed by atoms with Crippen LogP contribution in [0, 0.1) is 6.92 Å². The van der Waals surface area contributed by atoms with Crippen molar-refractivity contribution in [2.75, 3.05) is 85.6 Å². The summed E-state index contributed by atoms with van der Waals surface area (Å²) in [6.07, 6.45) is 7.86. The first-order valence-corrected chi connectivity index (χ1v) is 23.2. The van der Waals surface area contributed by atoms with E-state index in [2.05, 4.69) is 66.8 Å². The van der Waals surface area contributed by atoms with Crippen molar-refractivity contribution in [2.45, 2.75) is 57.4 Å². The SMILES string of the molecule is COc1cc(N2CCC(N3CCN(CCc4ccc(C5CCC(=O)NC5=O)cc4)CC3)CC2)c(C)cc1Nc1nc(Nc2cccc3c2N(S(C)(=O)=O)CC3)c2cc[nH]c2n1. The monoisotopic (exact) mass is 846 g/mol. The summed E-state index contributed by atoms with van der Waals surface area (Å²) >= 11 is 0. The number of H-pyrrole nitrogens is 1. The van der Waals surface area contributed by atoms with E-state index in [0.717, 1.165) is 98.5 Å². The number of amides is 2. The van der Waals surface area contributed by atoms with Crippen LogP contribution >= 0.6 is 0 Å². The largest absolute Gasteiger partial charge is 0.494 e. The Morgan fingerprint density at radius 3 is 2.39 bits per heavy atom. The molecule has 0 aliphatic carbocycles. The van der Waals surface area contributed by atoms with Crippen LogP contribution in [0.3, 0.4) is 0 Å². The lowest BCUT2D eigenvalue weighted by Crippen LogP contribution is -2.53. The molecule has 0 bridgehead atoms. The number of piperidine rings is 2. The lowest BCUT2D eigenvalue weighted by molar-refractivity contribution is -0.134. The van der Waals surface area contributed by atoms with Crippen molar-refractivity contribution in [3.05, 3.63) is 89.1 Å². The number of carbonyl (C=O) groups excluding carboxylic acids is 2. The quantitative estimate of drug-likeness (QED) is 0.118. The van der Waals surface area contributed by atoms with E-state index in [-0.39, 0.29) is 17.7 Å². The molecule has 2 amide bonds. The fourth-order valence-electron chi connectivity index (χ4n) is 9.52. The maximum atomic E-state index is 12.7. The van der Waals surface area contributed by atoms with Gasteiger partial charge in [0.1, 0.15) is 17.2 Å². The van der Waals surface area contributed by atoms with Gasteiger partial charge in [0.05, 0.1) is 41.7 Å². The van der Waals surface area contributed by atoms with Gasteiger partial charge in [-0.2, -0.15) is 9.97 Å². The minimum Gasteiger partial charge on any atom is -0.494 e. The normalized spacial score (nSPS) is 19.3. The number of aromatic nitrogens is 3. The van der Waals surface area contributed by atoms with Crippen LogP contribution in [-0.2, 0) is 32.5 Å². The van der Waals surface area contributed by atoms with E-state index >= 15 is 0 Å². The molecular formula is C45H54N10O5S. The Morgan fingerprint density at radius 1 is 0.869 bits per heavy atom. The van der Waals surface area contributed by atoms with Crippen LogP contribution in [0.4, 0.5) is 34.5 Å². The van der Waals surface area contributed by atoms with E-state index < -0.39 is 10.0 Å². The van der Waals surface area contributed by atoms with Crippen molar-refractivity contribution < 1.29 is 22.7 Å². The van der Waals surface area contributed by atoms with Gasteiger partial charge in [-0.3, -0.25) is 24.1 Å². The maximum Gasteiger partial charge on any atom is 0.234 e. The van der Waals surface area contributed by atoms with E-state index in [4.69, 9.17) is 14.7 Å². The Hall–Kier alpha value is -5.71. The van der Waals surface area contributed by atoms with Gasteiger partial charge in [0, 0.05) is 82.8 Å². The molecule has 3 fully saturated rings. The molecule has 1 atom stereocenters. The summed E-state index contributed by atoms with van der Waals surface area (Å²) in [5.41, 5.74) is 8.22. The molecule has 16 heteroatoms. The van der Waals surface area contributed by atoms with E-state index in [0.29, 0.717) is 66.4 Å². The lowest BCUT2D eigenvalue weighted by Gasteiger charge is -2.43. The molecule has 320 valence electrons. The zero-order valence-electron chi connectivity index (χ0n) is 35.0. The highest BCUT2D eigenvalue weighted by molar-refractivity contribution is 7.92. The second-order valence-electron chi connectivity index (χ2n) is 16.7. The molecule has 1 unspecified atom stereocenters. The number of methoxy groups -OCH3 is 1. The van der Waals surface area contributed by atoms with Gasteiger partial charge >= 0.3 is 0 Å². The van der Waals surface area contributed by atoms with Crippen molar-refractivity contribution in [3.8, 4) is 5.75 Å². The molecule has 9 rings (SSSR count). The number of rotatable bonds is 12. The number of hydrogen-bond donors (Lipinski definition) is 4. The number of aromatic amines is 1. The Kier molecular flexibility index (Phi) is 11.3. The number of nitrogens with one attached hydrogen (secondary N) is 4. The van der Waals surface area contributed by atoms with E-state index in [1.54, 1.807) is 7.11 Å². The van der Waals surface area contributed by atoms with Crippen LogP contribution in [0.1, 0.15) is 53.9 Å². The molecule has 61 heavy (non-hydrogen) atoms. The van der Waals surface area contributed by atoms with Crippen molar-refractivity contribution in [2.24, 2.45) is 0 Å². The highest BCUT2D eigenvalue weighted by Gasteiger charge is 2.31. The highest BCUT2D eigenvalue weighted by atomic mass is 32.2. The number of benzene rings is 3. The van der Waals surface area contributed by atoms with Gasteiger partial charge in [-0.25, -0.2) is 8.42 Å². The summed E-state index contributed by atoms with van der Waals surface area (Å²) in [6.45, 7) is 9.77. The number of nitrogens with zero attached hydrogens (tertiary/aromatic N) is 6. The third-order valence-corrected chi connectivity index (χ3v) is 14.0. The zero-order valence-corrected chi connectivity index (χ0v) is 35.9. The number of hydrogen-bond acceptors (Lipinski definition) is 12. The van der Waals surface area contributed by atoms with Gasteiger partial charge in [0.2, 0.25) is 27.8 Å². The number of para-hydroxylation sites is 1. The topological polar surface area (TPSA) is 168 Å². The molecule has 3 saturated heterocycles. The van der Waals surface area contributed by atoms with E-state index in [1.165, 1.54) is 16.1 Å². The highest BCUT2D eigenvalue weighted by Crippen LogP contribution is 2.40. The number of aryl methyl sites for hydroxylation is 1. The molecule has 4 aliphatic rings. The average molecular weight is 847 g/mol. The van der Waals surface area contributed by atoms with Gasteiger partial charge in [-0.1, -0.05) is 36.4 Å². The molecule has 6 heterocycles. The Morgan fingerprint density at radius 2 is 1.66 bits per heavy atom. The first-order chi connectivity index (χ1) is 29.5. The molecule has 4 aliphatic heterocycles. The average Bonchev–Trinajstić information content (AvgIpc) is 3.93. The molecule has 5 aromatic rings. The predicted molar refractivity (Wildman–Crippen MR) is 239 cm³/mol. The summed E-state index contributed by atoms with van der Waals surface area (Å²) < 4.78 is 32.7. The van der Waals surface area contributed by atoms with Crippen molar-refractivity contribution in [1.29, 1.82) is 0 Å². The number of imide groups is 1. The van der Waals surface area contributed by atoms with Crippen LogP contribution in [0.2, 0.25) is 0 Å². The summed E-state index contributed by atoms with van der Waals surface area (Å²) in [5.74, 6) is 1.01.